The molecule has 0 aliphatic heterocycles. The van der Waals surface area contributed by atoms with Crippen LogP contribution in [0.1, 0.15) is 91.1 Å². The summed E-state index contributed by atoms with van der Waals surface area (Å²) >= 11 is 15.2. The van der Waals surface area contributed by atoms with E-state index < -0.39 is 43.6 Å². The summed E-state index contributed by atoms with van der Waals surface area (Å²) in [6, 6.07) is -0.379. The van der Waals surface area contributed by atoms with Crippen LogP contribution in [0.4, 0.5) is 0 Å². The molecule has 2 aromatic heterocycles. The number of hydrogen-bond acceptors (Lipinski definition) is 9. The molecule has 16 heteroatoms. The van der Waals surface area contributed by atoms with Gasteiger partial charge in [0.15, 0.2) is 0 Å². The number of nitrogens with one attached hydrogen (secondary N) is 2. The standard InChI is InChI=1S/C26H38Cl2N6O6S2/c1-26(2,20-17(27)12-16(13-18(20)28)34-25(37)31-19(35)14-29-34)24-32-21(15-8-6-5-7-9-15)22(41-24)23(36)40-11-10-30-42(38,39)33(3)4/h14-18,20,30H,5-13H2,1-4H3,(H,31,35,37). The van der Waals surface area contributed by atoms with Crippen molar-refractivity contribution in [3.8, 4) is 0 Å². The van der Waals surface area contributed by atoms with E-state index in [9.17, 15) is 22.8 Å². The minimum atomic E-state index is -3.63. The Balaban J connectivity index is 1.56. The Morgan fingerprint density at radius 1 is 1.19 bits per heavy atom. The van der Waals surface area contributed by atoms with Crippen molar-refractivity contribution in [2.24, 2.45) is 5.92 Å². The molecule has 42 heavy (non-hydrogen) atoms. The van der Waals surface area contributed by atoms with Crippen molar-refractivity contribution in [1.82, 2.24) is 28.8 Å². The highest BCUT2D eigenvalue weighted by Crippen LogP contribution is 2.49. The van der Waals surface area contributed by atoms with Crippen LogP contribution in [0, 0.1) is 5.92 Å². The van der Waals surface area contributed by atoms with Crippen molar-refractivity contribution >= 4 is 50.7 Å². The van der Waals surface area contributed by atoms with Crippen LogP contribution in [0.2, 0.25) is 0 Å². The predicted molar refractivity (Wildman–Crippen MR) is 162 cm³/mol. The molecule has 0 radical (unpaired) electrons. The predicted octanol–water partition coefficient (Wildman–Crippen LogP) is 3.13. The molecule has 2 saturated carbocycles. The number of thiazole rings is 1. The molecule has 0 saturated heterocycles. The topological polar surface area (TPSA) is 156 Å². The molecule has 2 fully saturated rings. The second-order valence-corrected chi connectivity index (χ2v) is 15.8. The highest BCUT2D eigenvalue weighted by molar-refractivity contribution is 7.87. The number of carbonyl (C=O) groups excluding carboxylic acids is 1. The lowest BCUT2D eigenvalue weighted by molar-refractivity contribution is 0.0516. The lowest BCUT2D eigenvalue weighted by atomic mass is 9.69. The van der Waals surface area contributed by atoms with Gasteiger partial charge in [-0.1, -0.05) is 33.1 Å². The number of alkyl halides is 2. The van der Waals surface area contributed by atoms with Crippen LogP contribution in [0.3, 0.4) is 0 Å². The number of H-pyrrole nitrogens is 1. The van der Waals surface area contributed by atoms with Crippen molar-refractivity contribution in [2.45, 2.75) is 86.9 Å². The molecule has 0 aromatic carbocycles. The maximum absolute atomic E-state index is 13.3. The number of hydrogen-bond donors (Lipinski definition) is 2. The number of nitrogens with zero attached hydrogens (tertiary/aromatic N) is 4. The van der Waals surface area contributed by atoms with Gasteiger partial charge < -0.3 is 4.74 Å². The fourth-order valence-corrected chi connectivity index (χ4v) is 9.18. The molecular weight excluding hydrogens is 627 g/mol. The summed E-state index contributed by atoms with van der Waals surface area (Å²) in [4.78, 5) is 44.8. The zero-order chi connectivity index (χ0) is 30.8. The monoisotopic (exact) mass is 664 g/mol. The minimum absolute atomic E-state index is 0.0550. The number of rotatable bonds is 10. The van der Waals surface area contributed by atoms with E-state index in [1.807, 2.05) is 13.8 Å². The summed E-state index contributed by atoms with van der Waals surface area (Å²) in [5.41, 5.74) is -1.08. The summed E-state index contributed by atoms with van der Waals surface area (Å²) < 4.78 is 34.1. The molecule has 0 bridgehead atoms. The van der Waals surface area contributed by atoms with Gasteiger partial charge in [-0.25, -0.2) is 19.3 Å². The van der Waals surface area contributed by atoms with Crippen LogP contribution >= 0.6 is 34.5 Å². The highest BCUT2D eigenvalue weighted by Gasteiger charge is 2.48. The summed E-state index contributed by atoms with van der Waals surface area (Å²) in [7, 11) is -0.808. The Kier molecular flexibility index (Phi) is 10.6. The third-order valence-electron chi connectivity index (χ3n) is 8.17. The maximum Gasteiger partial charge on any atom is 0.350 e. The molecule has 2 N–H and O–H groups in total. The number of esters is 1. The summed E-state index contributed by atoms with van der Waals surface area (Å²) in [6.07, 6.45) is 6.98. The molecule has 2 heterocycles. The molecule has 234 valence electrons. The van der Waals surface area contributed by atoms with Gasteiger partial charge >= 0.3 is 11.7 Å². The SMILES string of the molecule is CN(C)S(=O)(=O)NCCOC(=O)c1sc(C(C)(C)C2C(Cl)CC(n3ncc(=O)[nH]c3=O)CC2Cl)nc1C1CCCCC1. The molecule has 12 nitrogen and oxygen atoms in total. The highest BCUT2D eigenvalue weighted by atomic mass is 35.5. The molecule has 2 atom stereocenters. The first kappa shape index (κ1) is 33.1. The van der Waals surface area contributed by atoms with Crippen molar-refractivity contribution < 1.29 is 17.9 Å². The van der Waals surface area contributed by atoms with Crippen LogP contribution in [0.5, 0.6) is 0 Å². The van der Waals surface area contributed by atoms with Gasteiger partial charge in [0, 0.05) is 48.6 Å². The molecule has 2 aliphatic carbocycles. The minimum Gasteiger partial charge on any atom is -0.460 e. The fraction of sp³-hybridized carbons (Fsp3) is 0.731. The van der Waals surface area contributed by atoms with Gasteiger partial charge in [0.05, 0.1) is 16.7 Å². The average Bonchev–Trinajstić information content (AvgIpc) is 3.38. The van der Waals surface area contributed by atoms with Crippen LogP contribution in [-0.4, -0.2) is 76.4 Å². The van der Waals surface area contributed by atoms with E-state index >= 15 is 0 Å². The summed E-state index contributed by atoms with van der Waals surface area (Å²) in [6.45, 7) is 3.85. The first-order valence-corrected chi connectivity index (χ1v) is 17.2. The average molecular weight is 666 g/mol. The van der Waals surface area contributed by atoms with Gasteiger partial charge in [-0.2, -0.15) is 22.5 Å². The Morgan fingerprint density at radius 3 is 2.43 bits per heavy atom. The van der Waals surface area contributed by atoms with Gasteiger partial charge in [-0.3, -0.25) is 9.78 Å². The molecule has 2 aromatic rings. The molecule has 2 unspecified atom stereocenters. The maximum atomic E-state index is 13.3. The van der Waals surface area contributed by atoms with Gasteiger partial charge in [0.25, 0.3) is 15.8 Å². The van der Waals surface area contributed by atoms with Crippen molar-refractivity contribution in [3.05, 3.63) is 42.6 Å². The van der Waals surface area contributed by atoms with E-state index in [2.05, 4.69) is 14.8 Å². The smallest absolute Gasteiger partial charge is 0.350 e. The second-order valence-electron chi connectivity index (χ2n) is 11.7. The van der Waals surface area contributed by atoms with E-state index in [0.717, 1.165) is 53.3 Å². The zero-order valence-electron chi connectivity index (χ0n) is 24.1. The molecule has 2 aliphatic rings. The van der Waals surface area contributed by atoms with Gasteiger partial charge in [-0.15, -0.1) is 34.5 Å². The largest absolute Gasteiger partial charge is 0.460 e. The van der Waals surface area contributed by atoms with Crippen LogP contribution < -0.4 is 16.0 Å². The van der Waals surface area contributed by atoms with Gasteiger partial charge in [-0.05, 0) is 25.7 Å². The number of carbonyl (C=O) groups is 1. The zero-order valence-corrected chi connectivity index (χ0v) is 27.3. The quantitative estimate of drug-likeness (QED) is 0.223. The Bertz CT molecular complexity index is 1470. The Labute approximate surface area is 259 Å². The second kappa shape index (κ2) is 13.4. The molecule has 4 rings (SSSR count). The first-order valence-electron chi connectivity index (χ1n) is 14.0. The first-order chi connectivity index (χ1) is 19.7. The van der Waals surface area contributed by atoms with Gasteiger partial charge in [0.2, 0.25) is 0 Å². The van der Waals surface area contributed by atoms with Crippen LogP contribution in [0.25, 0.3) is 0 Å². The lowest BCUT2D eigenvalue weighted by Crippen LogP contribution is -2.48. The number of aromatic nitrogens is 4. The lowest BCUT2D eigenvalue weighted by Gasteiger charge is -2.44. The molecule has 0 spiro atoms. The summed E-state index contributed by atoms with van der Waals surface area (Å²) in [5, 5.41) is 3.84. The van der Waals surface area contributed by atoms with E-state index in [1.54, 1.807) is 0 Å². The van der Waals surface area contributed by atoms with E-state index in [1.165, 1.54) is 30.1 Å². The third kappa shape index (κ3) is 7.27. The van der Waals surface area contributed by atoms with E-state index in [-0.39, 0.29) is 31.0 Å². The normalized spacial score (nSPS) is 24.2. The Morgan fingerprint density at radius 2 is 1.83 bits per heavy atom. The van der Waals surface area contributed by atoms with E-state index in [4.69, 9.17) is 32.9 Å². The van der Waals surface area contributed by atoms with Crippen LogP contribution in [-0.2, 0) is 20.4 Å². The van der Waals surface area contributed by atoms with Gasteiger partial charge in [0.1, 0.15) is 17.7 Å². The number of aromatic amines is 1. The Hall–Kier alpha value is -1.84. The van der Waals surface area contributed by atoms with Crippen molar-refractivity contribution in [1.29, 1.82) is 0 Å². The molecule has 0 amide bonds. The van der Waals surface area contributed by atoms with E-state index in [0.29, 0.717) is 17.7 Å². The van der Waals surface area contributed by atoms with Crippen molar-refractivity contribution in [3.63, 3.8) is 0 Å². The molecular formula is C26H38Cl2N6O6S2. The number of ether oxygens (including phenoxy) is 1. The fourth-order valence-electron chi connectivity index (χ4n) is 5.92. The van der Waals surface area contributed by atoms with Crippen molar-refractivity contribution in [2.75, 3.05) is 27.2 Å². The number of halogens is 2. The summed E-state index contributed by atoms with van der Waals surface area (Å²) in [5.74, 6) is -0.650. The van der Waals surface area contributed by atoms with Crippen LogP contribution in [0.15, 0.2) is 15.8 Å². The third-order valence-corrected chi connectivity index (χ3v) is 12.0.